The van der Waals surface area contributed by atoms with Gasteiger partial charge in [0.25, 0.3) is 0 Å². The van der Waals surface area contributed by atoms with Crippen LogP contribution in [-0.2, 0) is 18.9 Å². The smallest absolute Gasteiger partial charge is 0.385 e. The monoisotopic (exact) mass is 211 g/mol. The van der Waals surface area contributed by atoms with Crippen LogP contribution in [0.1, 0.15) is 20.8 Å². The summed E-state index contributed by atoms with van der Waals surface area (Å²) in [5.41, 5.74) is 0. The molecule has 0 radical (unpaired) electrons. The average Bonchev–Trinajstić information content (AvgIpc) is 2.15. The lowest BCUT2D eigenvalue weighted by Crippen LogP contribution is -2.35. The molecule has 5 nitrogen and oxygen atoms in total. The zero-order valence-corrected chi connectivity index (χ0v) is 9.16. The highest BCUT2D eigenvalue weighted by atomic mass is 19.3. The van der Waals surface area contributed by atoms with E-state index in [0.29, 0.717) is 6.61 Å². The standard InChI is InChI=1S/C7H16BFO4.H3N/c1-5-11-8(13-9)12-7(3)6(2)10-4;/h6-7H,5H2,1-4H3;1H3. The Morgan fingerprint density at radius 2 is 1.86 bits per heavy atom. The van der Waals surface area contributed by atoms with Crippen molar-refractivity contribution >= 4 is 7.32 Å². The molecular formula is C7H19BFNO4. The molecule has 86 valence electrons. The molecule has 14 heavy (non-hydrogen) atoms. The maximum absolute atomic E-state index is 11.8. The second-order valence-corrected chi connectivity index (χ2v) is 2.62. The molecule has 0 aliphatic heterocycles. The first-order chi connectivity index (χ1) is 6.15. The second kappa shape index (κ2) is 9.35. The van der Waals surface area contributed by atoms with E-state index >= 15 is 0 Å². The highest BCUT2D eigenvalue weighted by Gasteiger charge is 2.27. The minimum absolute atomic E-state index is 0. The van der Waals surface area contributed by atoms with Crippen LogP contribution >= 0.6 is 0 Å². The fourth-order valence-electron chi connectivity index (χ4n) is 0.700. The number of halogens is 1. The molecule has 0 bridgehead atoms. The van der Waals surface area contributed by atoms with Crippen LogP contribution in [0, 0.1) is 0 Å². The van der Waals surface area contributed by atoms with Gasteiger partial charge in [-0.2, -0.15) is 4.86 Å². The molecule has 0 aliphatic carbocycles. The van der Waals surface area contributed by atoms with Gasteiger partial charge in [0.1, 0.15) is 0 Å². The zero-order valence-electron chi connectivity index (χ0n) is 9.16. The summed E-state index contributed by atoms with van der Waals surface area (Å²) in [6.07, 6.45) is -0.435. The van der Waals surface area contributed by atoms with Gasteiger partial charge in [0.2, 0.25) is 0 Å². The lowest BCUT2D eigenvalue weighted by atomic mass is 10.2. The van der Waals surface area contributed by atoms with E-state index in [9.17, 15) is 4.53 Å². The number of hydrogen-bond acceptors (Lipinski definition) is 5. The Morgan fingerprint density at radius 1 is 1.29 bits per heavy atom. The second-order valence-electron chi connectivity index (χ2n) is 2.62. The quantitative estimate of drug-likeness (QED) is 0.646. The normalized spacial score (nSPS) is 14.4. The highest BCUT2D eigenvalue weighted by molar-refractivity contribution is 6.36. The van der Waals surface area contributed by atoms with Gasteiger partial charge in [0, 0.05) is 13.7 Å². The third-order valence-electron chi connectivity index (χ3n) is 1.73. The Balaban J connectivity index is 0. The maximum Gasteiger partial charge on any atom is 0.672 e. The number of rotatable bonds is 7. The van der Waals surface area contributed by atoms with Gasteiger partial charge in [-0.1, -0.05) is 4.53 Å². The Kier molecular flexibility index (Phi) is 10.8. The van der Waals surface area contributed by atoms with E-state index in [2.05, 4.69) is 4.86 Å². The van der Waals surface area contributed by atoms with E-state index in [-0.39, 0.29) is 18.4 Å². The van der Waals surface area contributed by atoms with E-state index in [1.54, 1.807) is 21.0 Å². The Labute approximate surface area is 84.5 Å². The molecule has 2 unspecified atom stereocenters. The zero-order chi connectivity index (χ0) is 10.3. The van der Waals surface area contributed by atoms with Crippen molar-refractivity contribution in [2.75, 3.05) is 13.7 Å². The Bertz CT molecular complexity index is 132. The van der Waals surface area contributed by atoms with Crippen molar-refractivity contribution in [1.29, 1.82) is 0 Å². The van der Waals surface area contributed by atoms with Gasteiger partial charge in [-0.05, 0) is 20.8 Å². The first-order valence-corrected chi connectivity index (χ1v) is 4.22. The van der Waals surface area contributed by atoms with Crippen LogP contribution in [-0.4, -0.2) is 33.2 Å². The van der Waals surface area contributed by atoms with Gasteiger partial charge in [-0.25, -0.2) is 0 Å². The van der Waals surface area contributed by atoms with Gasteiger partial charge < -0.3 is 20.2 Å². The molecule has 0 fully saturated rings. The molecule has 0 saturated heterocycles. The van der Waals surface area contributed by atoms with E-state index in [1.807, 2.05) is 6.92 Å². The third kappa shape index (κ3) is 6.28. The first kappa shape index (κ1) is 16.2. The van der Waals surface area contributed by atoms with Crippen LogP contribution in [0.4, 0.5) is 4.53 Å². The van der Waals surface area contributed by atoms with Crippen LogP contribution in [0.2, 0.25) is 0 Å². The van der Waals surface area contributed by atoms with Crippen LogP contribution in [0.25, 0.3) is 0 Å². The van der Waals surface area contributed by atoms with Crippen LogP contribution in [0.15, 0.2) is 0 Å². The lowest BCUT2D eigenvalue weighted by Gasteiger charge is -2.20. The van der Waals surface area contributed by atoms with Gasteiger partial charge >= 0.3 is 7.32 Å². The van der Waals surface area contributed by atoms with Crippen molar-refractivity contribution < 1.29 is 23.4 Å². The van der Waals surface area contributed by atoms with Gasteiger partial charge in [0.15, 0.2) is 0 Å². The predicted octanol–water partition coefficient (Wildman–Crippen LogP) is 1.51. The molecule has 0 heterocycles. The molecular weight excluding hydrogens is 192 g/mol. The molecule has 0 aliphatic rings. The summed E-state index contributed by atoms with van der Waals surface area (Å²) in [6, 6.07) is 0. The summed E-state index contributed by atoms with van der Waals surface area (Å²) in [5, 5.41) is 0. The lowest BCUT2D eigenvalue weighted by molar-refractivity contribution is -0.0976. The number of methoxy groups -OCH3 is 1. The molecule has 0 saturated carbocycles. The summed E-state index contributed by atoms with van der Waals surface area (Å²) in [6.45, 7) is 5.60. The van der Waals surface area contributed by atoms with Gasteiger partial charge in [-0.3, -0.25) is 0 Å². The topological polar surface area (TPSA) is 71.9 Å². The fourth-order valence-corrected chi connectivity index (χ4v) is 0.700. The molecule has 0 rings (SSSR count). The van der Waals surface area contributed by atoms with Crippen molar-refractivity contribution in [2.24, 2.45) is 0 Å². The van der Waals surface area contributed by atoms with E-state index in [1.165, 1.54) is 0 Å². The van der Waals surface area contributed by atoms with E-state index in [4.69, 9.17) is 14.0 Å². The van der Waals surface area contributed by atoms with Crippen molar-refractivity contribution in [3.05, 3.63) is 0 Å². The van der Waals surface area contributed by atoms with Crippen LogP contribution in [0.3, 0.4) is 0 Å². The molecule has 0 spiro atoms. The summed E-state index contributed by atoms with van der Waals surface area (Å²) in [7, 11) is 0.286. The SMILES string of the molecule is CCOB(OF)OC(C)C(C)OC.N. The third-order valence-corrected chi connectivity index (χ3v) is 1.73. The summed E-state index contributed by atoms with van der Waals surface area (Å²) in [4.78, 5) is 3.46. The molecule has 3 N–H and O–H groups in total. The minimum Gasteiger partial charge on any atom is -0.385 e. The largest absolute Gasteiger partial charge is 0.672 e. The van der Waals surface area contributed by atoms with E-state index in [0.717, 1.165) is 0 Å². The molecule has 7 heteroatoms. The predicted molar refractivity (Wildman–Crippen MR) is 51.6 cm³/mol. The van der Waals surface area contributed by atoms with E-state index < -0.39 is 7.32 Å². The van der Waals surface area contributed by atoms with Gasteiger partial charge in [-0.15, -0.1) is 0 Å². The molecule has 0 aromatic rings. The van der Waals surface area contributed by atoms with Crippen molar-refractivity contribution in [3.63, 3.8) is 0 Å². The van der Waals surface area contributed by atoms with Crippen LogP contribution < -0.4 is 6.15 Å². The molecule has 0 aromatic carbocycles. The Morgan fingerprint density at radius 3 is 2.21 bits per heavy atom. The number of ether oxygens (including phenoxy) is 1. The minimum atomic E-state index is -1.27. The first-order valence-electron chi connectivity index (χ1n) is 4.22. The molecule has 0 aromatic heterocycles. The highest BCUT2D eigenvalue weighted by Crippen LogP contribution is 2.05. The maximum atomic E-state index is 11.8. The van der Waals surface area contributed by atoms with Gasteiger partial charge in [0.05, 0.1) is 12.2 Å². The average molecular weight is 211 g/mol. The summed E-state index contributed by atoms with van der Waals surface area (Å²) < 4.78 is 26.6. The molecule has 2 atom stereocenters. The Hall–Kier alpha value is -0.205. The molecule has 0 amide bonds. The summed E-state index contributed by atoms with van der Waals surface area (Å²) in [5.74, 6) is 0. The summed E-state index contributed by atoms with van der Waals surface area (Å²) >= 11 is 0. The fraction of sp³-hybridized carbons (Fsp3) is 1.00. The van der Waals surface area contributed by atoms with Crippen molar-refractivity contribution in [1.82, 2.24) is 6.15 Å². The van der Waals surface area contributed by atoms with Crippen molar-refractivity contribution in [3.8, 4) is 0 Å². The van der Waals surface area contributed by atoms with Crippen molar-refractivity contribution in [2.45, 2.75) is 33.0 Å². The number of hydrogen-bond donors (Lipinski definition) is 1. The van der Waals surface area contributed by atoms with Crippen LogP contribution in [0.5, 0.6) is 0 Å².